The molecule has 1 aromatic heterocycles. The SMILES string of the molecule is Cc1ccc(-c2nc(NC(=O)CCC(=O)c3ccc(Oc4ccccc4)cc3)sc2C)cc1. The molecule has 0 spiro atoms. The van der Waals surface area contributed by atoms with Gasteiger partial charge in [0, 0.05) is 28.8 Å². The smallest absolute Gasteiger partial charge is 0.226 e. The number of carbonyl (C=O) groups excluding carboxylic acids is 2. The highest BCUT2D eigenvalue weighted by atomic mass is 32.1. The van der Waals surface area contributed by atoms with Gasteiger partial charge in [-0.05, 0) is 50.2 Å². The van der Waals surface area contributed by atoms with E-state index in [0.717, 1.165) is 21.9 Å². The summed E-state index contributed by atoms with van der Waals surface area (Å²) in [7, 11) is 0. The van der Waals surface area contributed by atoms with Gasteiger partial charge in [0.15, 0.2) is 10.9 Å². The molecule has 5 nitrogen and oxygen atoms in total. The average Bonchev–Trinajstić information content (AvgIpc) is 3.19. The van der Waals surface area contributed by atoms with Gasteiger partial charge < -0.3 is 10.1 Å². The standard InChI is InChI=1S/C27H24N2O3S/c1-18-8-10-21(11-9-18)26-19(2)33-27(29-26)28-25(31)17-16-24(30)20-12-14-23(15-13-20)32-22-6-4-3-5-7-22/h3-15H,16-17H2,1-2H3,(H,28,29,31). The third kappa shape index (κ3) is 5.93. The highest BCUT2D eigenvalue weighted by Crippen LogP contribution is 2.30. The molecule has 0 unspecified atom stereocenters. The monoisotopic (exact) mass is 456 g/mol. The molecule has 3 aromatic carbocycles. The van der Waals surface area contributed by atoms with Crippen LogP contribution < -0.4 is 10.1 Å². The molecule has 33 heavy (non-hydrogen) atoms. The van der Waals surface area contributed by atoms with Gasteiger partial charge in [-0.3, -0.25) is 9.59 Å². The van der Waals surface area contributed by atoms with E-state index in [1.807, 2.05) is 68.4 Å². The Morgan fingerprint density at radius 1 is 0.848 bits per heavy atom. The van der Waals surface area contributed by atoms with Gasteiger partial charge in [-0.15, -0.1) is 11.3 Å². The van der Waals surface area contributed by atoms with E-state index in [9.17, 15) is 9.59 Å². The fourth-order valence-corrected chi connectivity index (χ4v) is 4.17. The second kappa shape index (κ2) is 10.2. The Labute approximate surface area is 197 Å². The number of ether oxygens (including phenoxy) is 1. The van der Waals surface area contributed by atoms with E-state index in [4.69, 9.17) is 4.74 Å². The van der Waals surface area contributed by atoms with E-state index in [0.29, 0.717) is 16.4 Å². The lowest BCUT2D eigenvalue weighted by molar-refractivity contribution is -0.116. The van der Waals surface area contributed by atoms with Crippen LogP contribution in [0.5, 0.6) is 11.5 Å². The quantitative estimate of drug-likeness (QED) is 0.295. The molecule has 0 aliphatic carbocycles. The van der Waals surface area contributed by atoms with Crippen molar-refractivity contribution in [3.8, 4) is 22.8 Å². The summed E-state index contributed by atoms with van der Waals surface area (Å²) in [6.07, 6.45) is 0.222. The Hall–Kier alpha value is -3.77. The largest absolute Gasteiger partial charge is 0.457 e. The second-order valence-corrected chi connectivity index (χ2v) is 8.90. The van der Waals surface area contributed by atoms with Gasteiger partial charge >= 0.3 is 0 Å². The van der Waals surface area contributed by atoms with Crippen LogP contribution in [0.25, 0.3) is 11.3 Å². The van der Waals surface area contributed by atoms with Gasteiger partial charge in [-0.25, -0.2) is 4.98 Å². The molecule has 0 radical (unpaired) electrons. The molecule has 0 aliphatic rings. The van der Waals surface area contributed by atoms with Gasteiger partial charge in [0.2, 0.25) is 5.91 Å². The molecular formula is C27H24N2O3S. The summed E-state index contributed by atoms with van der Waals surface area (Å²) in [5.74, 6) is 1.07. The number of anilines is 1. The van der Waals surface area contributed by atoms with Crippen LogP contribution in [0.4, 0.5) is 5.13 Å². The number of amides is 1. The third-order valence-electron chi connectivity index (χ3n) is 5.10. The number of benzene rings is 3. The molecule has 4 rings (SSSR count). The Morgan fingerprint density at radius 2 is 1.52 bits per heavy atom. The summed E-state index contributed by atoms with van der Waals surface area (Å²) in [5.41, 5.74) is 3.62. The zero-order chi connectivity index (χ0) is 23.2. The molecule has 0 saturated carbocycles. The Kier molecular flexibility index (Phi) is 6.95. The number of aromatic nitrogens is 1. The molecule has 1 amide bonds. The van der Waals surface area contributed by atoms with E-state index in [-0.39, 0.29) is 24.5 Å². The average molecular weight is 457 g/mol. The molecule has 0 fully saturated rings. The van der Waals surface area contributed by atoms with Crippen molar-refractivity contribution in [2.75, 3.05) is 5.32 Å². The lowest BCUT2D eigenvalue weighted by Crippen LogP contribution is -2.13. The van der Waals surface area contributed by atoms with Gasteiger partial charge in [0.1, 0.15) is 11.5 Å². The number of nitrogens with zero attached hydrogens (tertiary/aromatic N) is 1. The van der Waals surface area contributed by atoms with Crippen LogP contribution >= 0.6 is 11.3 Å². The number of hydrogen-bond donors (Lipinski definition) is 1. The third-order valence-corrected chi connectivity index (χ3v) is 5.99. The Morgan fingerprint density at radius 3 is 2.21 bits per heavy atom. The van der Waals surface area contributed by atoms with Crippen LogP contribution in [0.15, 0.2) is 78.9 Å². The van der Waals surface area contributed by atoms with Crippen molar-refractivity contribution in [2.24, 2.45) is 0 Å². The predicted molar refractivity (Wildman–Crippen MR) is 132 cm³/mol. The summed E-state index contributed by atoms with van der Waals surface area (Å²) in [5, 5.41) is 3.37. The van der Waals surface area contributed by atoms with Crippen LogP contribution in [0.2, 0.25) is 0 Å². The number of carbonyl (C=O) groups is 2. The van der Waals surface area contributed by atoms with E-state index >= 15 is 0 Å². The first-order valence-corrected chi connectivity index (χ1v) is 11.5. The van der Waals surface area contributed by atoms with Crippen molar-refractivity contribution in [1.82, 2.24) is 4.98 Å². The van der Waals surface area contributed by atoms with Crippen molar-refractivity contribution in [2.45, 2.75) is 26.7 Å². The topological polar surface area (TPSA) is 68.3 Å². The highest BCUT2D eigenvalue weighted by molar-refractivity contribution is 7.16. The van der Waals surface area contributed by atoms with E-state index in [1.54, 1.807) is 24.3 Å². The first-order chi connectivity index (χ1) is 16.0. The highest BCUT2D eigenvalue weighted by Gasteiger charge is 2.14. The van der Waals surface area contributed by atoms with Crippen molar-refractivity contribution in [1.29, 1.82) is 0 Å². The number of Topliss-reactive ketones (excluding diaryl/α,β-unsaturated/α-hetero) is 1. The Balaban J connectivity index is 1.30. The Bertz CT molecular complexity index is 1250. The van der Waals surface area contributed by atoms with E-state index in [2.05, 4.69) is 10.3 Å². The van der Waals surface area contributed by atoms with Crippen molar-refractivity contribution in [3.05, 3.63) is 94.9 Å². The fraction of sp³-hybridized carbons (Fsp3) is 0.148. The maximum Gasteiger partial charge on any atom is 0.226 e. The minimum atomic E-state index is -0.225. The molecule has 4 aromatic rings. The van der Waals surface area contributed by atoms with Gasteiger partial charge in [0.25, 0.3) is 0 Å². The lowest BCUT2D eigenvalue weighted by Gasteiger charge is -2.06. The number of hydrogen-bond acceptors (Lipinski definition) is 5. The number of rotatable bonds is 8. The molecular weight excluding hydrogens is 432 g/mol. The van der Waals surface area contributed by atoms with E-state index in [1.165, 1.54) is 16.9 Å². The predicted octanol–water partition coefficient (Wildman–Crippen LogP) is 6.82. The molecule has 0 saturated heterocycles. The molecule has 0 bridgehead atoms. The van der Waals surface area contributed by atoms with Gasteiger partial charge in [-0.2, -0.15) is 0 Å². The molecule has 166 valence electrons. The summed E-state index contributed by atoms with van der Waals surface area (Å²) in [6, 6.07) is 24.5. The van der Waals surface area contributed by atoms with Gasteiger partial charge in [-0.1, -0.05) is 48.0 Å². The zero-order valence-electron chi connectivity index (χ0n) is 18.5. The van der Waals surface area contributed by atoms with Crippen molar-refractivity contribution >= 4 is 28.2 Å². The lowest BCUT2D eigenvalue weighted by atomic mass is 10.1. The minimum Gasteiger partial charge on any atom is -0.457 e. The summed E-state index contributed by atoms with van der Waals surface area (Å²) in [4.78, 5) is 30.5. The first kappa shape index (κ1) is 22.4. The molecule has 6 heteroatoms. The second-order valence-electron chi connectivity index (χ2n) is 7.70. The van der Waals surface area contributed by atoms with Crippen LogP contribution in [-0.4, -0.2) is 16.7 Å². The number of nitrogens with one attached hydrogen (secondary N) is 1. The molecule has 0 aliphatic heterocycles. The normalized spacial score (nSPS) is 10.6. The summed E-state index contributed by atoms with van der Waals surface area (Å²) in [6.45, 7) is 4.02. The number of aryl methyl sites for hydroxylation is 2. The maximum absolute atomic E-state index is 12.5. The summed E-state index contributed by atoms with van der Waals surface area (Å²) >= 11 is 1.43. The van der Waals surface area contributed by atoms with Crippen molar-refractivity contribution in [3.63, 3.8) is 0 Å². The minimum absolute atomic E-state index is 0.0907. The van der Waals surface area contributed by atoms with Crippen molar-refractivity contribution < 1.29 is 14.3 Å². The number of thiazole rings is 1. The zero-order valence-corrected chi connectivity index (χ0v) is 19.3. The van der Waals surface area contributed by atoms with Crippen LogP contribution in [0.3, 0.4) is 0 Å². The number of para-hydroxylation sites is 1. The van der Waals surface area contributed by atoms with E-state index < -0.39 is 0 Å². The number of ketones is 1. The molecule has 1 heterocycles. The van der Waals surface area contributed by atoms with Crippen LogP contribution in [-0.2, 0) is 4.79 Å². The van der Waals surface area contributed by atoms with Crippen LogP contribution in [0.1, 0.15) is 33.6 Å². The first-order valence-electron chi connectivity index (χ1n) is 10.7. The maximum atomic E-state index is 12.5. The molecule has 0 atom stereocenters. The van der Waals surface area contributed by atoms with Gasteiger partial charge in [0.05, 0.1) is 5.69 Å². The summed E-state index contributed by atoms with van der Waals surface area (Å²) < 4.78 is 5.75. The fourth-order valence-electron chi connectivity index (χ4n) is 3.32. The molecule has 1 N–H and O–H groups in total. The van der Waals surface area contributed by atoms with Crippen LogP contribution in [0, 0.1) is 13.8 Å².